The van der Waals surface area contributed by atoms with Crippen molar-refractivity contribution in [3.63, 3.8) is 0 Å². The van der Waals surface area contributed by atoms with E-state index in [9.17, 15) is 0 Å². The number of hydrogen-bond acceptors (Lipinski definition) is 2. The van der Waals surface area contributed by atoms with E-state index < -0.39 is 0 Å². The lowest BCUT2D eigenvalue weighted by Gasteiger charge is -2.04. The van der Waals surface area contributed by atoms with Crippen LogP contribution in [0.1, 0.15) is 0 Å². The highest BCUT2D eigenvalue weighted by Crippen LogP contribution is 2.34. The van der Waals surface area contributed by atoms with E-state index in [1.165, 1.54) is 10.8 Å². The zero-order valence-electron chi connectivity index (χ0n) is 16.8. The highest BCUT2D eigenvalue weighted by Gasteiger charge is 2.15. The lowest BCUT2D eigenvalue weighted by Crippen LogP contribution is -1.95. The first kappa shape index (κ1) is 17.6. The maximum Gasteiger partial charge on any atom is 0.101 e. The normalized spacial score (nSPS) is 11.2. The zero-order chi connectivity index (χ0) is 20.6. The highest BCUT2D eigenvalue weighted by atomic mass is 15.3. The van der Waals surface area contributed by atoms with Gasteiger partial charge in [0, 0.05) is 23.3 Å². The quantitative estimate of drug-likeness (QED) is 0.325. The molecule has 0 unspecified atom stereocenters. The van der Waals surface area contributed by atoms with E-state index in [0.29, 0.717) is 0 Å². The minimum absolute atomic E-state index is 0.987. The van der Waals surface area contributed by atoms with Gasteiger partial charge in [0.25, 0.3) is 0 Å². The van der Waals surface area contributed by atoms with Gasteiger partial charge in [0.1, 0.15) is 5.69 Å². The highest BCUT2D eigenvalue weighted by molar-refractivity contribution is 6.03. The summed E-state index contributed by atoms with van der Waals surface area (Å²) in [7, 11) is 0. The SMILES string of the molecule is c1ccc(-n2nc(-c3cccc(-c4ccncc4)c3)c3cc4ccccc4cc32)cc1. The molecule has 0 fully saturated rings. The van der Waals surface area contributed by atoms with Gasteiger partial charge in [0.2, 0.25) is 0 Å². The second-order valence-corrected chi connectivity index (χ2v) is 7.63. The van der Waals surface area contributed by atoms with Gasteiger partial charge in [-0.3, -0.25) is 4.98 Å². The Hall–Kier alpha value is -4.24. The summed E-state index contributed by atoms with van der Waals surface area (Å²) in [5.41, 5.74) is 6.55. The molecule has 3 heteroatoms. The molecule has 0 spiro atoms. The molecule has 2 heterocycles. The van der Waals surface area contributed by atoms with Crippen LogP contribution in [0.5, 0.6) is 0 Å². The standard InChI is InChI=1S/C28H19N3/c1-2-11-25(12-3-1)31-27-19-23-8-5-4-7-22(23)18-26(27)28(30-31)24-10-6-9-21(17-24)20-13-15-29-16-14-20/h1-19H. The van der Waals surface area contributed by atoms with E-state index in [1.807, 2.05) is 42.7 Å². The summed E-state index contributed by atoms with van der Waals surface area (Å²) in [5.74, 6) is 0. The monoisotopic (exact) mass is 397 g/mol. The van der Waals surface area contributed by atoms with Gasteiger partial charge in [0.15, 0.2) is 0 Å². The Morgan fingerprint density at radius 2 is 1.26 bits per heavy atom. The lowest BCUT2D eigenvalue weighted by molar-refractivity contribution is 0.915. The summed E-state index contributed by atoms with van der Waals surface area (Å²) in [6, 6.07) is 35.9. The van der Waals surface area contributed by atoms with Gasteiger partial charge in [-0.1, -0.05) is 60.7 Å². The van der Waals surface area contributed by atoms with E-state index in [1.54, 1.807) is 0 Å². The molecule has 0 N–H and O–H groups in total. The van der Waals surface area contributed by atoms with E-state index in [2.05, 4.69) is 82.5 Å². The molecule has 0 bridgehead atoms. The molecule has 0 saturated carbocycles. The fourth-order valence-electron chi connectivity index (χ4n) is 4.17. The second kappa shape index (κ2) is 7.22. The van der Waals surface area contributed by atoms with Crippen LogP contribution < -0.4 is 0 Å². The van der Waals surface area contributed by atoms with Crippen LogP contribution in [-0.4, -0.2) is 14.8 Å². The zero-order valence-corrected chi connectivity index (χ0v) is 16.8. The molecular weight excluding hydrogens is 378 g/mol. The van der Waals surface area contributed by atoms with Crippen LogP contribution in [0, 0.1) is 0 Å². The van der Waals surface area contributed by atoms with Crippen molar-refractivity contribution in [1.29, 1.82) is 0 Å². The first-order valence-corrected chi connectivity index (χ1v) is 10.3. The predicted octanol–water partition coefficient (Wildman–Crippen LogP) is 6.91. The van der Waals surface area contributed by atoms with Gasteiger partial charge in [-0.05, 0) is 64.4 Å². The Kier molecular flexibility index (Phi) is 4.10. The molecule has 0 amide bonds. The Morgan fingerprint density at radius 1 is 0.548 bits per heavy atom. The molecule has 146 valence electrons. The predicted molar refractivity (Wildman–Crippen MR) is 127 cm³/mol. The average Bonchev–Trinajstić information content (AvgIpc) is 3.22. The molecular formula is C28H19N3. The molecule has 3 nitrogen and oxygen atoms in total. The lowest BCUT2D eigenvalue weighted by atomic mass is 10.00. The van der Waals surface area contributed by atoms with Gasteiger partial charge in [-0.25, -0.2) is 4.68 Å². The number of pyridine rings is 1. The van der Waals surface area contributed by atoms with Gasteiger partial charge in [-0.15, -0.1) is 0 Å². The fraction of sp³-hybridized carbons (Fsp3) is 0. The smallest absolute Gasteiger partial charge is 0.101 e. The second-order valence-electron chi connectivity index (χ2n) is 7.63. The number of hydrogen-bond donors (Lipinski definition) is 0. The summed E-state index contributed by atoms with van der Waals surface area (Å²) < 4.78 is 2.05. The van der Waals surface area contributed by atoms with Crippen LogP contribution in [0.15, 0.2) is 116 Å². The molecule has 0 aliphatic carbocycles. The molecule has 31 heavy (non-hydrogen) atoms. The fourth-order valence-corrected chi connectivity index (χ4v) is 4.17. The van der Waals surface area contributed by atoms with Crippen molar-refractivity contribution in [1.82, 2.24) is 14.8 Å². The summed E-state index contributed by atoms with van der Waals surface area (Å²) >= 11 is 0. The Bertz CT molecular complexity index is 1520. The minimum atomic E-state index is 0.987. The topological polar surface area (TPSA) is 30.7 Å². The molecule has 0 atom stereocenters. The third kappa shape index (κ3) is 3.08. The van der Waals surface area contributed by atoms with Crippen molar-refractivity contribution >= 4 is 21.7 Å². The third-order valence-corrected chi connectivity index (χ3v) is 5.70. The average molecular weight is 397 g/mol. The number of nitrogens with zero attached hydrogens (tertiary/aromatic N) is 3. The first-order chi connectivity index (χ1) is 15.4. The van der Waals surface area contributed by atoms with Gasteiger partial charge >= 0.3 is 0 Å². The number of benzene rings is 4. The summed E-state index contributed by atoms with van der Waals surface area (Å²) in [6.07, 6.45) is 3.65. The number of rotatable bonds is 3. The molecule has 0 aliphatic rings. The van der Waals surface area contributed by atoms with E-state index >= 15 is 0 Å². The van der Waals surface area contributed by atoms with Crippen LogP contribution in [0.2, 0.25) is 0 Å². The minimum Gasteiger partial charge on any atom is -0.265 e. The van der Waals surface area contributed by atoms with Crippen LogP contribution in [0.3, 0.4) is 0 Å². The largest absolute Gasteiger partial charge is 0.265 e. The van der Waals surface area contributed by atoms with E-state index in [4.69, 9.17) is 5.10 Å². The van der Waals surface area contributed by atoms with Crippen molar-refractivity contribution in [2.45, 2.75) is 0 Å². The van der Waals surface area contributed by atoms with Gasteiger partial charge in [-0.2, -0.15) is 5.10 Å². The van der Waals surface area contributed by atoms with Crippen molar-refractivity contribution in [3.8, 4) is 28.1 Å². The molecule has 0 radical (unpaired) electrons. The number of aromatic nitrogens is 3. The van der Waals surface area contributed by atoms with Crippen LogP contribution in [-0.2, 0) is 0 Å². The Balaban J connectivity index is 1.63. The maximum absolute atomic E-state index is 5.09. The van der Waals surface area contributed by atoms with E-state index in [0.717, 1.165) is 39.0 Å². The third-order valence-electron chi connectivity index (χ3n) is 5.70. The van der Waals surface area contributed by atoms with Crippen molar-refractivity contribution in [2.75, 3.05) is 0 Å². The molecule has 4 aromatic carbocycles. The molecule has 6 aromatic rings. The molecule has 6 rings (SSSR count). The van der Waals surface area contributed by atoms with Crippen molar-refractivity contribution in [3.05, 3.63) is 116 Å². The molecule has 0 aliphatic heterocycles. The van der Waals surface area contributed by atoms with Crippen molar-refractivity contribution in [2.24, 2.45) is 0 Å². The van der Waals surface area contributed by atoms with Gasteiger partial charge in [0.05, 0.1) is 11.2 Å². The Morgan fingerprint density at radius 3 is 2.06 bits per heavy atom. The first-order valence-electron chi connectivity index (χ1n) is 10.3. The number of fused-ring (bicyclic) bond motifs is 2. The number of para-hydroxylation sites is 1. The summed E-state index contributed by atoms with van der Waals surface area (Å²) in [6.45, 7) is 0. The summed E-state index contributed by atoms with van der Waals surface area (Å²) in [5, 5.41) is 8.67. The summed E-state index contributed by atoms with van der Waals surface area (Å²) in [4.78, 5) is 4.14. The molecule has 0 saturated heterocycles. The van der Waals surface area contributed by atoms with Crippen molar-refractivity contribution < 1.29 is 0 Å². The Labute approximate surface area is 180 Å². The van der Waals surface area contributed by atoms with Gasteiger partial charge < -0.3 is 0 Å². The van der Waals surface area contributed by atoms with Crippen LogP contribution in [0.25, 0.3) is 49.7 Å². The molecule has 2 aromatic heterocycles. The maximum atomic E-state index is 5.09. The van der Waals surface area contributed by atoms with Crippen LogP contribution >= 0.6 is 0 Å². The van der Waals surface area contributed by atoms with Crippen LogP contribution in [0.4, 0.5) is 0 Å². The van der Waals surface area contributed by atoms with E-state index in [-0.39, 0.29) is 0 Å².